The summed E-state index contributed by atoms with van der Waals surface area (Å²) in [6.07, 6.45) is 4.09. The molecule has 15 heavy (non-hydrogen) atoms. The van der Waals surface area contributed by atoms with E-state index in [1.165, 1.54) is 22.8 Å². The first-order valence-electron chi connectivity index (χ1n) is 5.16. The maximum absolute atomic E-state index is 4.24. The van der Waals surface area contributed by atoms with Gasteiger partial charge in [0.1, 0.15) is 0 Å². The molecule has 2 heterocycles. The average molecular weight is 243 g/mol. The van der Waals surface area contributed by atoms with Gasteiger partial charge in [-0.2, -0.15) is 28.6 Å². The van der Waals surface area contributed by atoms with E-state index in [0.29, 0.717) is 11.3 Å². The zero-order valence-electron chi connectivity index (χ0n) is 9.14. The van der Waals surface area contributed by atoms with Gasteiger partial charge in [-0.3, -0.25) is 4.68 Å². The third-order valence-electron chi connectivity index (χ3n) is 2.61. The summed E-state index contributed by atoms with van der Waals surface area (Å²) in [5.74, 6) is 3.81. The van der Waals surface area contributed by atoms with Crippen molar-refractivity contribution in [1.82, 2.24) is 15.1 Å². The first-order valence-corrected chi connectivity index (χ1v) is 7.37. The molecule has 2 rings (SSSR count). The van der Waals surface area contributed by atoms with Crippen LogP contribution in [0.2, 0.25) is 0 Å². The molecule has 0 amide bonds. The Morgan fingerprint density at radius 3 is 3.00 bits per heavy atom. The number of rotatable bonds is 3. The Bertz CT molecular complexity index is 307. The predicted octanol–water partition coefficient (Wildman–Crippen LogP) is 1.53. The first kappa shape index (κ1) is 11.4. The highest BCUT2D eigenvalue weighted by molar-refractivity contribution is 8.06. The van der Waals surface area contributed by atoms with Crippen molar-refractivity contribution in [3.05, 3.63) is 18.0 Å². The van der Waals surface area contributed by atoms with Gasteiger partial charge in [-0.25, -0.2) is 0 Å². The van der Waals surface area contributed by atoms with Gasteiger partial charge in [-0.1, -0.05) is 0 Å². The molecule has 1 N–H and O–H groups in total. The number of nitrogens with zero attached hydrogens (tertiary/aromatic N) is 2. The highest BCUT2D eigenvalue weighted by atomic mass is 32.2. The number of hydrogen-bond donors (Lipinski definition) is 1. The lowest BCUT2D eigenvalue weighted by Gasteiger charge is -2.28. The molecule has 1 aliphatic heterocycles. The average Bonchev–Trinajstić information content (AvgIpc) is 2.68. The number of hydrogen-bond acceptors (Lipinski definition) is 4. The van der Waals surface area contributed by atoms with Crippen LogP contribution in [0.4, 0.5) is 0 Å². The van der Waals surface area contributed by atoms with E-state index in [2.05, 4.69) is 40.1 Å². The second-order valence-corrected chi connectivity index (χ2v) is 6.19. The first-order chi connectivity index (χ1) is 7.31. The van der Waals surface area contributed by atoms with Gasteiger partial charge in [0, 0.05) is 47.4 Å². The van der Waals surface area contributed by atoms with Crippen molar-refractivity contribution < 1.29 is 0 Å². The lowest BCUT2D eigenvalue weighted by Crippen LogP contribution is -2.31. The van der Waals surface area contributed by atoms with E-state index in [0.717, 1.165) is 0 Å². The Morgan fingerprint density at radius 1 is 1.60 bits per heavy atom. The van der Waals surface area contributed by atoms with Gasteiger partial charge in [0.05, 0.1) is 6.20 Å². The molecule has 2 atom stereocenters. The molecule has 2 unspecified atom stereocenters. The second kappa shape index (κ2) is 5.27. The minimum Gasteiger partial charge on any atom is -0.312 e. The maximum Gasteiger partial charge on any atom is 0.0537 e. The molecule has 1 saturated heterocycles. The summed E-state index contributed by atoms with van der Waals surface area (Å²) in [4.78, 5) is 0. The van der Waals surface area contributed by atoms with E-state index in [4.69, 9.17) is 0 Å². The van der Waals surface area contributed by atoms with Gasteiger partial charge in [0.15, 0.2) is 0 Å². The Labute approximate surface area is 99.4 Å². The lowest BCUT2D eigenvalue weighted by atomic mass is 10.1. The van der Waals surface area contributed by atoms with Gasteiger partial charge in [0.2, 0.25) is 0 Å². The van der Waals surface area contributed by atoms with E-state index < -0.39 is 0 Å². The fraction of sp³-hybridized carbons (Fsp3) is 0.700. The standard InChI is InChI=1S/C10H17N3S2/c1-11-10(8-5-12-13(2)6-8)9-7-14-3-4-15-9/h5-6,9-11H,3-4,7H2,1-2H3. The summed E-state index contributed by atoms with van der Waals surface area (Å²) < 4.78 is 1.88. The smallest absolute Gasteiger partial charge is 0.0537 e. The topological polar surface area (TPSA) is 29.9 Å². The van der Waals surface area contributed by atoms with Crippen molar-refractivity contribution in [3.8, 4) is 0 Å². The fourth-order valence-corrected chi connectivity index (χ4v) is 4.78. The highest BCUT2D eigenvalue weighted by Gasteiger charge is 2.25. The van der Waals surface area contributed by atoms with Gasteiger partial charge in [-0.15, -0.1) is 0 Å². The van der Waals surface area contributed by atoms with Gasteiger partial charge in [-0.05, 0) is 7.05 Å². The molecular weight excluding hydrogens is 226 g/mol. The molecule has 0 spiro atoms. The molecule has 0 saturated carbocycles. The molecule has 0 radical (unpaired) electrons. The number of aryl methyl sites for hydroxylation is 1. The van der Waals surface area contributed by atoms with E-state index in [1.807, 2.05) is 25.0 Å². The van der Waals surface area contributed by atoms with Crippen LogP contribution in [0.5, 0.6) is 0 Å². The van der Waals surface area contributed by atoms with Crippen LogP contribution in [0, 0.1) is 0 Å². The van der Waals surface area contributed by atoms with Crippen LogP contribution in [0.15, 0.2) is 12.4 Å². The van der Waals surface area contributed by atoms with E-state index in [9.17, 15) is 0 Å². The van der Waals surface area contributed by atoms with E-state index in [-0.39, 0.29) is 0 Å². The SMILES string of the molecule is CNC(c1cnn(C)c1)C1CSCCS1. The molecule has 5 heteroatoms. The quantitative estimate of drug-likeness (QED) is 0.872. The number of thioether (sulfide) groups is 2. The van der Waals surface area contributed by atoms with Crippen LogP contribution in [-0.4, -0.2) is 39.3 Å². The second-order valence-electron chi connectivity index (χ2n) is 3.70. The Kier molecular flexibility index (Phi) is 3.99. The van der Waals surface area contributed by atoms with Crippen LogP contribution < -0.4 is 5.32 Å². The van der Waals surface area contributed by atoms with Crippen molar-refractivity contribution in [2.45, 2.75) is 11.3 Å². The highest BCUT2D eigenvalue weighted by Crippen LogP contribution is 2.33. The fourth-order valence-electron chi connectivity index (χ4n) is 1.87. The summed E-state index contributed by atoms with van der Waals surface area (Å²) in [6.45, 7) is 0. The third-order valence-corrected chi connectivity index (χ3v) is 5.47. The van der Waals surface area contributed by atoms with Crippen molar-refractivity contribution in [2.24, 2.45) is 7.05 Å². The van der Waals surface area contributed by atoms with Gasteiger partial charge < -0.3 is 5.32 Å². The molecular formula is C10H17N3S2. The van der Waals surface area contributed by atoms with Crippen molar-refractivity contribution in [3.63, 3.8) is 0 Å². The van der Waals surface area contributed by atoms with E-state index >= 15 is 0 Å². The summed E-state index contributed by atoms with van der Waals surface area (Å²) in [6, 6.07) is 0.441. The van der Waals surface area contributed by atoms with Crippen LogP contribution in [0.1, 0.15) is 11.6 Å². The Balaban J connectivity index is 2.08. The van der Waals surface area contributed by atoms with Crippen molar-refractivity contribution in [2.75, 3.05) is 24.3 Å². The molecule has 1 fully saturated rings. The molecule has 1 aromatic heterocycles. The summed E-state index contributed by atoms with van der Waals surface area (Å²) in [5, 5.41) is 8.33. The Hall–Kier alpha value is -0.130. The maximum atomic E-state index is 4.24. The minimum atomic E-state index is 0.441. The largest absolute Gasteiger partial charge is 0.312 e. The molecule has 0 bridgehead atoms. The number of aromatic nitrogens is 2. The molecule has 3 nitrogen and oxygen atoms in total. The van der Waals surface area contributed by atoms with Crippen LogP contribution in [0.3, 0.4) is 0 Å². The zero-order valence-corrected chi connectivity index (χ0v) is 10.8. The van der Waals surface area contributed by atoms with Gasteiger partial charge in [0.25, 0.3) is 0 Å². The Morgan fingerprint density at radius 2 is 2.47 bits per heavy atom. The van der Waals surface area contributed by atoms with Crippen LogP contribution in [-0.2, 0) is 7.05 Å². The zero-order chi connectivity index (χ0) is 10.7. The summed E-state index contributed by atoms with van der Waals surface area (Å²) in [7, 11) is 4.01. The number of nitrogens with one attached hydrogen (secondary N) is 1. The lowest BCUT2D eigenvalue weighted by molar-refractivity contribution is 0.591. The van der Waals surface area contributed by atoms with Crippen LogP contribution in [0.25, 0.3) is 0 Å². The normalized spacial score (nSPS) is 24.0. The monoisotopic (exact) mass is 243 g/mol. The molecule has 1 aromatic rings. The summed E-state index contributed by atoms with van der Waals surface area (Å²) in [5.41, 5.74) is 1.31. The van der Waals surface area contributed by atoms with Crippen molar-refractivity contribution >= 4 is 23.5 Å². The van der Waals surface area contributed by atoms with E-state index in [1.54, 1.807) is 0 Å². The molecule has 84 valence electrons. The summed E-state index contributed by atoms with van der Waals surface area (Å²) >= 11 is 4.14. The molecule has 1 aliphatic rings. The van der Waals surface area contributed by atoms with Gasteiger partial charge >= 0.3 is 0 Å². The van der Waals surface area contributed by atoms with Crippen LogP contribution >= 0.6 is 23.5 Å². The van der Waals surface area contributed by atoms with Crippen molar-refractivity contribution in [1.29, 1.82) is 0 Å². The minimum absolute atomic E-state index is 0.441. The third kappa shape index (κ3) is 2.71. The molecule has 0 aromatic carbocycles. The molecule has 0 aliphatic carbocycles. The predicted molar refractivity (Wildman–Crippen MR) is 68.6 cm³/mol.